The van der Waals surface area contributed by atoms with Gasteiger partial charge < -0.3 is 10.2 Å². The van der Waals surface area contributed by atoms with Crippen molar-refractivity contribution < 1.29 is 10.2 Å². The van der Waals surface area contributed by atoms with Gasteiger partial charge in [0.05, 0.1) is 0 Å². The number of rotatable bonds is 0. The molecule has 6 rings (SSSR count). The molecule has 0 saturated carbocycles. The number of benzene rings is 3. The van der Waals surface area contributed by atoms with Crippen LogP contribution in [0.5, 0.6) is 11.5 Å². The van der Waals surface area contributed by atoms with Gasteiger partial charge in [-0.05, 0) is 34.4 Å². The van der Waals surface area contributed by atoms with Crippen LogP contribution in [-0.2, 0) is 5.41 Å². The maximum absolute atomic E-state index is 10.5. The Kier molecular flexibility index (Phi) is 1.76. The highest BCUT2D eigenvalue weighted by Gasteiger charge is 2.70. The lowest BCUT2D eigenvalue weighted by Crippen LogP contribution is -2.52. The van der Waals surface area contributed by atoms with Crippen molar-refractivity contribution in [1.29, 1.82) is 0 Å². The highest BCUT2D eigenvalue weighted by molar-refractivity contribution is 5.81. The zero-order valence-electron chi connectivity index (χ0n) is 12.3. The molecule has 3 aromatic rings. The normalized spacial score (nSPS) is 27.7. The van der Waals surface area contributed by atoms with E-state index in [0.717, 1.165) is 11.1 Å². The van der Waals surface area contributed by atoms with Crippen LogP contribution in [0.15, 0.2) is 60.7 Å². The Balaban J connectivity index is 1.79. The van der Waals surface area contributed by atoms with Crippen molar-refractivity contribution in [3.63, 3.8) is 0 Å². The van der Waals surface area contributed by atoms with Gasteiger partial charge >= 0.3 is 0 Å². The van der Waals surface area contributed by atoms with Crippen LogP contribution in [-0.4, -0.2) is 10.2 Å². The van der Waals surface area contributed by atoms with Crippen molar-refractivity contribution in [2.24, 2.45) is 0 Å². The second-order valence-electron chi connectivity index (χ2n) is 6.84. The maximum atomic E-state index is 10.5. The quantitative estimate of drug-likeness (QED) is 0.616. The minimum atomic E-state index is -0.0914. The van der Waals surface area contributed by atoms with Crippen molar-refractivity contribution in [3.8, 4) is 11.5 Å². The molecule has 110 valence electrons. The summed E-state index contributed by atoms with van der Waals surface area (Å²) in [6.45, 7) is 0. The number of hydrogen-bond donors (Lipinski definition) is 2. The number of fused-ring (bicyclic) bond motifs is 7. The molecule has 2 atom stereocenters. The van der Waals surface area contributed by atoms with Crippen LogP contribution in [0.4, 0.5) is 0 Å². The van der Waals surface area contributed by atoms with E-state index in [0.29, 0.717) is 11.5 Å². The third-order valence-corrected chi connectivity index (χ3v) is 6.16. The molecule has 2 unspecified atom stereocenters. The summed E-state index contributed by atoms with van der Waals surface area (Å²) in [5.74, 6) is 0.912. The van der Waals surface area contributed by atoms with E-state index in [1.165, 1.54) is 22.3 Å². The van der Waals surface area contributed by atoms with Crippen molar-refractivity contribution in [3.05, 3.63) is 94.0 Å². The molecule has 0 amide bonds. The smallest absolute Gasteiger partial charge is 0.120 e. The van der Waals surface area contributed by atoms with Gasteiger partial charge in [-0.1, -0.05) is 48.5 Å². The molecule has 3 aliphatic rings. The summed E-state index contributed by atoms with van der Waals surface area (Å²) in [6, 6.07) is 20.3. The number of phenols is 2. The van der Waals surface area contributed by atoms with Gasteiger partial charge in [-0.15, -0.1) is 0 Å². The molecule has 2 nitrogen and oxygen atoms in total. The predicted molar refractivity (Wildman–Crippen MR) is 87.1 cm³/mol. The zero-order chi connectivity index (χ0) is 15.3. The Hall–Kier alpha value is -2.74. The monoisotopic (exact) mass is 298 g/mol. The van der Waals surface area contributed by atoms with Gasteiger partial charge in [0.2, 0.25) is 0 Å². The van der Waals surface area contributed by atoms with E-state index in [1.807, 2.05) is 0 Å². The first-order valence-electron chi connectivity index (χ1n) is 7.99. The Labute approximate surface area is 133 Å². The molecule has 2 N–H and O–H groups in total. The Morgan fingerprint density at radius 2 is 1.04 bits per heavy atom. The molecule has 3 aliphatic carbocycles. The Morgan fingerprint density at radius 1 is 0.609 bits per heavy atom. The summed E-state index contributed by atoms with van der Waals surface area (Å²) in [4.78, 5) is 0. The molecule has 1 spiro atoms. The van der Waals surface area contributed by atoms with Crippen LogP contribution in [0.2, 0.25) is 0 Å². The lowest BCUT2D eigenvalue weighted by Gasteiger charge is -2.58. The molecule has 0 aliphatic heterocycles. The van der Waals surface area contributed by atoms with Gasteiger partial charge in [-0.25, -0.2) is 0 Å². The fraction of sp³-hybridized carbons (Fsp3) is 0.143. The van der Waals surface area contributed by atoms with Crippen LogP contribution >= 0.6 is 0 Å². The first-order valence-corrected chi connectivity index (χ1v) is 7.99. The topological polar surface area (TPSA) is 40.5 Å². The second kappa shape index (κ2) is 3.43. The lowest BCUT2D eigenvalue weighted by atomic mass is 9.43. The standard InChI is InChI=1S/C21H14O2/c22-15-9-10-16(23)18-17(15)19-11-5-1-3-7-13(11)21(19)14-8-4-2-6-12(14)20(18)21/h1-10,19-20,22-23H. The number of hydrogen-bond acceptors (Lipinski definition) is 2. The van der Waals surface area contributed by atoms with E-state index in [9.17, 15) is 10.2 Å². The first-order chi connectivity index (χ1) is 11.3. The molecule has 0 radical (unpaired) electrons. The van der Waals surface area contributed by atoms with Gasteiger partial charge in [0.15, 0.2) is 0 Å². The van der Waals surface area contributed by atoms with Crippen LogP contribution < -0.4 is 0 Å². The minimum Gasteiger partial charge on any atom is -0.508 e. The largest absolute Gasteiger partial charge is 0.508 e. The number of phenolic OH excluding ortho intramolecular Hbond substituents is 2. The summed E-state index contributed by atoms with van der Waals surface area (Å²) < 4.78 is 0. The average molecular weight is 298 g/mol. The highest BCUT2D eigenvalue weighted by atomic mass is 16.3. The van der Waals surface area contributed by atoms with Gasteiger partial charge in [0, 0.05) is 28.4 Å². The molecule has 0 fully saturated rings. The van der Waals surface area contributed by atoms with Crippen LogP contribution in [0, 0.1) is 0 Å². The van der Waals surface area contributed by atoms with E-state index in [-0.39, 0.29) is 17.3 Å². The summed E-state index contributed by atoms with van der Waals surface area (Å²) in [5.41, 5.74) is 7.02. The van der Waals surface area contributed by atoms with Crippen molar-refractivity contribution in [2.75, 3.05) is 0 Å². The summed E-state index contributed by atoms with van der Waals surface area (Å²) >= 11 is 0. The van der Waals surface area contributed by atoms with E-state index in [4.69, 9.17) is 0 Å². The van der Waals surface area contributed by atoms with Gasteiger partial charge in [0.1, 0.15) is 11.5 Å². The third kappa shape index (κ3) is 0.987. The summed E-state index contributed by atoms with van der Waals surface area (Å²) in [5, 5.41) is 21.1. The SMILES string of the molecule is Oc1ccc(O)c2c1C1c3ccccc3C13c1ccccc1C23. The first kappa shape index (κ1) is 11.8. The molecular formula is C21H14O2. The Morgan fingerprint density at radius 3 is 1.52 bits per heavy atom. The molecule has 0 aromatic heterocycles. The fourth-order valence-electron chi connectivity index (χ4n) is 5.51. The number of aromatic hydroxyl groups is 2. The average Bonchev–Trinajstić information content (AvgIpc) is 2.79. The zero-order valence-corrected chi connectivity index (χ0v) is 12.3. The predicted octanol–water partition coefficient (Wildman–Crippen LogP) is 3.99. The lowest BCUT2D eigenvalue weighted by molar-refractivity contribution is 0.326. The summed E-state index contributed by atoms with van der Waals surface area (Å²) in [6.07, 6.45) is 0. The van der Waals surface area contributed by atoms with Crippen LogP contribution in [0.25, 0.3) is 0 Å². The van der Waals surface area contributed by atoms with E-state index >= 15 is 0 Å². The third-order valence-electron chi connectivity index (χ3n) is 6.16. The van der Waals surface area contributed by atoms with E-state index < -0.39 is 0 Å². The van der Waals surface area contributed by atoms with Crippen LogP contribution in [0.3, 0.4) is 0 Å². The minimum absolute atomic E-state index is 0.0914. The van der Waals surface area contributed by atoms with E-state index in [1.54, 1.807) is 12.1 Å². The molecule has 0 saturated heterocycles. The fourth-order valence-corrected chi connectivity index (χ4v) is 5.51. The second-order valence-corrected chi connectivity index (χ2v) is 6.84. The molecule has 23 heavy (non-hydrogen) atoms. The maximum Gasteiger partial charge on any atom is 0.120 e. The van der Waals surface area contributed by atoms with Crippen molar-refractivity contribution in [2.45, 2.75) is 17.3 Å². The van der Waals surface area contributed by atoms with Crippen LogP contribution in [0.1, 0.15) is 45.2 Å². The van der Waals surface area contributed by atoms with Gasteiger partial charge in [-0.3, -0.25) is 0 Å². The molecular weight excluding hydrogens is 284 g/mol. The van der Waals surface area contributed by atoms with E-state index in [2.05, 4.69) is 48.5 Å². The molecule has 2 heteroatoms. The van der Waals surface area contributed by atoms with Gasteiger partial charge in [0.25, 0.3) is 0 Å². The molecule has 0 heterocycles. The Bertz CT molecular complexity index is 936. The molecule has 3 aromatic carbocycles. The summed E-state index contributed by atoms with van der Waals surface area (Å²) in [7, 11) is 0. The van der Waals surface area contributed by atoms with Gasteiger partial charge in [-0.2, -0.15) is 0 Å². The van der Waals surface area contributed by atoms with Crippen molar-refractivity contribution in [1.82, 2.24) is 0 Å². The van der Waals surface area contributed by atoms with Crippen molar-refractivity contribution >= 4 is 0 Å². The molecule has 0 bridgehead atoms. The highest BCUT2D eigenvalue weighted by Crippen LogP contribution is 2.78.